The second kappa shape index (κ2) is 4.83. The highest BCUT2D eigenvalue weighted by Crippen LogP contribution is 2.07. The van der Waals surface area contributed by atoms with Crippen LogP contribution in [-0.4, -0.2) is 17.7 Å². The molecule has 0 aromatic carbocycles. The molecule has 74 valence electrons. The highest BCUT2D eigenvalue weighted by atomic mass is 15.2. The van der Waals surface area contributed by atoms with Crippen LogP contribution < -0.4 is 10.6 Å². The summed E-state index contributed by atoms with van der Waals surface area (Å²) in [5.74, 6) is 0. The van der Waals surface area contributed by atoms with E-state index in [4.69, 9.17) is 0 Å². The first-order valence-corrected chi connectivity index (χ1v) is 4.91. The van der Waals surface area contributed by atoms with E-state index in [1.54, 1.807) is 0 Å². The zero-order chi connectivity index (χ0) is 9.78. The summed E-state index contributed by atoms with van der Waals surface area (Å²) < 4.78 is 0. The molecule has 2 nitrogen and oxygen atoms in total. The van der Waals surface area contributed by atoms with Crippen molar-refractivity contribution in [1.82, 2.24) is 10.6 Å². The van der Waals surface area contributed by atoms with Crippen molar-refractivity contribution in [3.8, 4) is 0 Å². The SMILES string of the molecule is CCC(C)(C)NC(C)NC(C)C. The summed E-state index contributed by atoms with van der Waals surface area (Å²) in [5.41, 5.74) is 0.237. The van der Waals surface area contributed by atoms with Crippen molar-refractivity contribution in [1.29, 1.82) is 0 Å². The van der Waals surface area contributed by atoms with Crippen molar-refractivity contribution in [3.05, 3.63) is 0 Å². The quantitative estimate of drug-likeness (QED) is 0.621. The molecule has 1 atom stereocenters. The lowest BCUT2D eigenvalue weighted by atomic mass is 10.0. The third-order valence-corrected chi connectivity index (χ3v) is 2.07. The number of rotatable bonds is 5. The Bertz CT molecular complexity index is 119. The monoisotopic (exact) mass is 172 g/mol. The molecule has 0 aliphatic rings. The molecule has 0 aromatic rings. The molecule has 1 unspecified atom stereocenters. The Morgan fingerprint density at radius 3 is 2.00 bits per heavy atom. The van der Waals surface area contributed by atoms with Gasteiger partial charge in [0.1, 0.15) is 0 Å². The van der Waals surface area contributed by atoms with Crippen molar-refractivity contribution in [2.75, 3.05) is 0 Å². The van der Waals surface area contributed by atoms with E-state index in [9.17, 15) is 0 Å². The minimum Gasteiger partial charge on any atom is -0.300 e. The van der Waals surface area contributed by atoms with Crippen LogP contribution in [0.1, 0.15) is 48.0 Å². The lowest BCUT2D eigenvalue weighted by Gasteiger charge is -2.30. The van der Waals surface area contributed by atoms with Crippen molar-refractivity contribution in [2.45, 2.75) is 65.7 Å². The maximum Gasteiger partial charge on any atom is 0.0548 e. The lowest BCUT2D eigenvalue weighted by molar-refractivity contribution is 0.292. The molecule has 0 aliphatic carbocycles. The fourth-order valence-corrected chi connectivity index (χ4v) is 1.23. The number of nitrogens with one attached hydrogen (secondary N) is 2. The highest BCUT2D eigenvalue weighted by Gasteiger charge is 2.17. The van der Waals surface area contributed by atoms with E-state index < -0.39 is 0 Å². The molecule has 12 heavy (non-hydrogen) atoms. The molecule has 0 saturated heterocycles. The fraction of sp³-hybridized carbons (Fsp3) is 1.00. The standard InChI is InChI=1S/C10H24N2/c1-7-10(5,6)12-9(4)11-8(2)3/h8-9,11-12H,7H2,1-6H3. The minimum atomic E-state index is 0.237. The highest BCUT2D eigenvalue weighted by molar-refractivity contribution is 4.78. The fourth-order valence-electron chi connectivity index (χ4n) is 1.23. The summed E-state index contributed by atoms with van der Waals surface area (Å²) in [7, 11) is 0. The average Bonchev–Trinajstić information content (AvgIpc) is 1.84. The van der Waals surface area contributed by atoms with Crippen LogP contribution in [0.4, 0.5) is 0 Å². The van der Waals surface area contributed by atoms with Gasteiger partial charge in [-0.1, -0.05) is 6.92 Å². The van der Waals surface area contributed by atoms with Crippen molar-refractivity contribution < 1.29 is 0 Å². The van der Waals surface area contributed by atoms with Gasteiger partial charge in [0.15, 0.2) is 0 Å². The van der Waals surface area contributed by atoms with Crippen LogP contribution >= 0.6 is 0 Å². The predicted molar refractivity (Wildman–Crippen MR) is 55.2 cm³/mol. The Morgan fingerprint density at radius 1 is 1.17 bits per heavy atom. The third-order valence-electron chi connectivity index (χ3n) is 2.07. The normalized spacial score (nSPS) is 15.2. The van der Waals surface area contributed by atoms with Gasteiger partial charge in [-0.15, -0.1) is 0 Å². The second-order valence-corrected chi connectivity index (χ2v) is 4.42. The van der Waals surface area contributed by atoms with Crippen molar-refractivity contribution in [3.63, 3.8) is 0 Å². The Hall–Kier alpha value is -0.0800. The largest absolute Gasteiger partial charge is 0.300 e. The third kappa shape index (κ3) is 5.56. The van der Waals surface area contributed by atoms with E-state index in [2.05, 4.69) is 52.2 Å². The van der Waals surface area contributed by atoms with Gasteiger partial charge in [0.25, 0.3) is 0 Å². The Morgan fingerprint density at radius 2 is 1.67 bits per heavy atom. The van der Waals surface area contributed by atoms with Gasteiger partial charge in [0.2, 0.25) is 0 Å². The number of hydrogen-bond donors (Lipinski definition) is 2. The van der Waals surface area contributed by atoms with Crippen molar-refractivity contribution >= 4 is 0 Å². The van der Waals surface area contributed by atoms with Crippen LogP contribution in [0.25, 0.3) is 0 Å². The van der Waals surface area contributed by atoms with Crippen molar-refractivity contribution in [2.24, 2.45) is 0 Å². The Kier molecular flexibility index (Phi) is 4.80. The smallest absolute Gasteiger partial charge is 0.0548 e. The molecule has 0 spiro atoms. The molecular weight excluding hydrogens is 148 g/mol. The van der Waals surface area contributed by atoms with Crippen LogP contribution in [0.15, 0.2) is 0 Å². The Labute approximate surface area is 77.1 Å². The molecule has 0 bridgehead atoms. The van der Waals surface area contributed by atoms with Crippen LogP contribution in [0.5, 0.6) is 0 Å². The van der Waals surface area contributed by atoms with Crippen LogP contribution in [0.2, 0.25) is 0 Å². The molecular formula is C10H24N2. The molecule has 0 rings (SSSR count). The summed E-state index contributed by atoms with van der Waals surface area (Å²) in [5, 5.41) is 6.95. The maximum atomic E-state index is 3.53. The summed E-state index contributed by atoms with van der Waals surface area (Å²) >= 11 is 0. The molecule has 0 radical (unpaired) electrons. The lowest BCUT2D eigenvalue weighted by Crippen LogP contribution is -2.52. The van der Waals surface area contributed by atoms with Gasteiger partial charge < -0.3 is 0 Å². The molecule has 2 N–H and O–H groups in total. The zero-order valence-electron chi connectivity index (χ0n) is 9.36. The first-order valence-electron chi connectivity index (χ1n) is 4.91. The van der Waals surface area contributed by atoms with Gasteiger partial charge in [-0.05, 0) is 41.0 Å². The molecule has 2 heteroatoms. The van der Waals surface area contributed by atoms with E-state index in [1.165, 1.54) is 0 Å². The topological polar surface area (TPSA) is 24.1 Å². The van der Waals surface area contributed by atoms with Gasteiger partial charge in [-0.25, -0.2) is 0 Å². The predicted octanol–water partition coefficient (Wildman–Crippen LogP) is 2.11. The van der Waals surface area contributed by atoms with Gasteiger partial charge in [0.05, 0.1) is 6.17 Å². The van der Waals surface area contributed by atoms with Gasteiger partial charge in [0, 0.05) is 11.6 Å². The van der Waals surface area contributed by atoms with Crippen LogP contribution in [0, 0.1) is 0 Å². The first kappa shape index (κ1) is 11.9. The summed E-state index contributed by atoms with van der Waals surface area (Å²) in [6.45, 7) is 13.2. The molecule has 0 aliphatic heterocycles. The van der Waals surface area contributed by atoms with E-state index in [0.717, 1.165) is 6.42 Å². The Balaban J connectivity index is 3.75. The van der Waals surface area contributed by atoms with Gasteiger partial charge in [-0.3, -0.25) is 10.6 Å². The minimum absolute atomic E-state index is 0.237. The van der Waals surface area contributed by atoms with Gasteiger partial charge >= 0.3 is 0 Å². The first-order chi connectivity index (χ1) is 5.37. The second-order valence-electron chi connectivity index (χ2n) is 4.42. The summed E-state index contributed by atoms with van der Waals surface area (Å²) in [4.78, 5) is 0. The van der Waals surface area contributed by atoms with E-state index in [-0.39, 0.29) is 5.54 Å². The van der Waals surface area contributed by atoms with E-state index >= 15 is 0 Å². The van der Waals surface area contributed by atoms with Gasteiger partial charge in [-0.2, -0.15) is 0 Å². The van der Waals surface area contributed by atoms with Crippen LogP contribution in [0.3, 0.4) is 0 Å². The van der Waals surface area contributed by atoms with Crippen LogP contribution in [-0.2, 0) is 0 Å². The molecule has 0 aromatic heterocycles. The molecule has 0 fully saturated rings. The number of hydrogen-bond acceptors (Lipinski definition) is 2. The van der Waals surface area contributed by atoms with E-state index in [0.29, 0.717) is 12.2 Å². The summed E-state index contributed by atoms with van der Waals surface area (Å²) in [6, 6.07) is 0.542. The zero-order valence-corrected chi connectivity index (χ0v) is 9.36. The molecule has 0 heterocycles. The molecule has 0 amide bonds. The maximum absolute atomic E-state index is 3.53. The molecule has 0 saturated carbocycles. The van der Waals surface area contributed by atoms with E-state index in [1.807, 2.05) is 0 Å². The average molecular weight is 172 g/mol. The summed E-state index contributed by atoms with van der Waals surface area (Å²) in [6.07, 6.45) is 1.54.